The van der Waals surface area contributed by atoms with E-state index in [1.807, 2.05) is 54.0 Å². The van der Waals surface area contributed by atoms with Gasteiger partial charge in [0.05, 0.1) is 12.4 Å². The van der Waals surface area contributed by atoms with Gasteiger partial charge in [0, 0.05) is 27.7 Å². The van der Waals surface area contributed by atoms with Gasteiger partial charge in [-0.3, -0.25) is 4.79 Å². The molecule has 0 aliphatic heterocycles. The Morgan fingerprint density at radius 1 is 1.04 bits per heavy atom. The highest BCUT2D eigenvalue weighted by Crippen LogP contribution is 2.31. The second-order valence-corrected chi connectivity index (χ2v) is 6.66. The van der Waals surface area contributed by atoms with Gasteiger partial charge in [-0.05, 0) is 55.0 Å². The van der Waals surface area contributed by atoms with Crippen molar-refractivity contribution in [3.05, 3.63) is 89.7 Å². The highest BCUT2D eigenvalue weighted by molar-refractivity contribution is 6.06. The molecule has 0 aliphatic carbocycles. The van der Waals surface area contributed by atoms with Gasteiger partial charge in [-0.2, -0.15) is 0 Å². The molecule has 0 fully saturated rings. The van der Waals surface area contributed by atoms with Gasteiger partial charge in [-0.25, -0.2) is 4.39 Å². The van der Waals surface area contributed by atoms with Gasteiger partial charge in [0.15, 0.2) is 0 Å². The average molecular weight is 373 g/mol. The van der Waals surface area contributed by atoms with Gasteiger partial charge in [-0.1, -0.05) is 30.3 Å². The molecule has 0 atom stereocenters. The number of nitrogens with zero attached hydrogens (tertiary/aromatic N) is 1. The van der Waals surface area contributed by atoms with E-state index in [-0.39, 0.29) is 18.4 Å². The summed E-state index contributed by atoms with van der Waals surface area (Å²) >= 11 is 0. The number of aryl methyl sites for hydroxylation is 1. The van der Waals surface area contributed by atoms with E-state index >= 15 is 0 Å². The molecule has 3 N–H and O–H groups in total. The highest BCUT2D eigenvalue weighted by Gasteiger charge is 2.14. The second-order valence-electron chi connectivity index (χ2n) is 6.66. The largest absolute Gasteiger partial charge is 0.327 e. The summed E-state index contributed by atoms with van der Waals surface area (Å²) in [6.07, 6.45) is 0. The number of aromatic nitrogens is 1. The Morgan fingerprint density at radius 3 is 2.54 bits per heavy atom. The minimum atomic E-state index is -0.298. The van der Waals surface area contributed by atoms with Crippen LogP contribution in [0.1, 0.15) is 15.9 Å². The molecule has 0 spiro atoms. The zero-order valence-electron chi connectivity index (χ0n) is 15.4. The second kappa shape index (κ2) is 7.29. The van der Waals surface area contributed by atoms with Crippen molar-refractivity contribution in [1.82, 2.24) is 4.57 Å². The molecule has 1 heterocycles. The summed E-state index contributed by atoms with van der Waals surface area (Å²) in [6, 6.07) is 21.5. The Balaban J connectivity index is 1.73. The molecule has 0 bridgehead atoms. The molecule has 1 aromatic heterocycles. The first-order valence-corrected chi connectivity index (χ1v) is 9.03. The molecule has 0 aliphatic rings. The van der Waals surface area contributed by atoms with Crippen molar-refractivity contribution < 1.29 is 9.18 Å². The van der Waals surface area contributed by atoms with Crippen molar-refractivity contribution >= 4 is 22.5 Å². The Kier molecular flexibility index (Phi) is 4.67. The summed E-state index contributed by atoms with van der Waals surface area (Å²) in [6.45, 7) is 2.13. The number of rotatable bonds is 4. The highest BCUT2D eigenvalue weighted by atomic mass is 19.1. The Bertz CT molecular complexity index is 1180. The van der Waals surface area contributed by atoms with E-state index < -0.39 is 0 Å². The third kappa shape index (κ3) is 3.17. The lowest BCUT2D eigenvalue weighted by Gasteiger charge is -2.10. The predicted octanol–water partition coefficient (Wildman–Crippen LogP) is 4.92. The molecule has 3 aromatic carbocycles. The zero-order valence-corrected chi connectivity index (χ0v) is 15.4. The molecule has 4 nitrogen and oxygen atoms in total. The smallest absolute Gasteiger partial charge is 0.255 e. The van der Waals surface area contributed by atoms with Crippen molar-refractivity contribution in [1.29, 1.82) is 0 Å². The normalized spacial score (nSPS) is 11.0. The molecule has 4 rings (SSSR count). The maximum absolute atomic E-state index is 14.3. The number of hydrogen-bond donors (Lipinski definition) is 2. The van der Waals surface area contributed by atoms with E-state index in [4.69, 9.17) is 5.73 Å². The lowest BCUT2D eigenvalue weighted by molar-refractivity contribution is 0.102. The zero-order chi connectivity index (χ0) is 19.7. The molecule has 28 heavy (non-hydrogen) atoms. The summed E-state index contributed by atoms with van der Waals surface area (Å²) < 4.78 is 16.1. The van der Waals surface area contributed by atoms with E-state index in [0.29, 0.717) is 22.5 Å². The summed E-state index contributed by atoms with van der Waals surface area (Å²) in [7, 11) is 0. The van der Waals surface area contributed by atoms with Crippen LogP contribution in [0.25, 0.3) is 22.2 Å². The van der Waals surface area contributed by atoms with E-state index in [9.17, 15) is 9.18 Å². The van der Waals surface area contributed by atoms with Crippen LogP contribution in [0, 0.1) is 12.7 Å². The topological polar surface area (TPSA) is 60.0 Å². The Morgan fingerprint density at radius 2 is 1.79 bits per heavy atom. The van der Waals surface area contributed by atoms with Gasteiger partial charge >= 0.3 is 0 Å². The molecule has 0 saturated carbocycles. The first kappa shape index (κ1) is 17.9. The fourth-order valence-corrected chi connectivity index (χ4v) is 3.46. The lowest BCUT2D eigenvalue weighted by Crippen LogP contribution is -2.13. The van der Waals surface area contributed by atoms with E-state index in [1.54, 1.807) is 24.3 Å². The Hall–Kier alpha value is -3.44. The van der Waals surface area contributed by atoms with Crippen LogP contribution >= 0.6 is 0 Å². The first-order chi connectivity index (χ1) is 13.6. The van der Waals surface area contributed by atoms with Crippen LogP contribution in [-0.2, 0) is 6.67 Å². The van der Waals surface area contributed by atoms with Crippen molar-refractivity contribution in [2.24, 2.45) is 5.73 Å². The van der Waals surface area contributed by atoms with Crippen LogP contribution in [0.2, 0.25) is 0 Å². The fourth-order valence-electron chi connectivity index (χ4n) is 3.46. The monoisotopic (exact) mass is 373 g/mol. The Labute approximate surface area is 162 Å². The molecule has 1 amide bonds. The maximum Gasteiger partial charge on any atom is 0.255 e. The number of nitrogens with two attached hydrogens (primary N) is 1. The molecule has 4 aromatic rings. The third-order valence-electron chi connectivity index (χ3n) is 4.88. The number of carbonyl (C=O) groups excluding carboxylic acids is 1. The minimum Gasteiger partial charge on any atom is -0.327 e. The molecule has 140 valence electrons. The van der Waals surface area contributed by atoms with Crippen LogP contribution in [0.4, 0.5) is 10.1 Å². The van der Waals surface area contributed by atoms with Crippen LogP contribution in [-0.4, -0.2) is 10.5 Å². The van der Waals surface area contributed by atoms with Crippen molar-refractivity contribution in [3.8, 4) is 11.3 Å². The first-order valence-electron chi connectivity index (χ1n) is 9.03. The molecule has 0 saturated heterocycles. The number of fused-ring (bicyclic) bond motifs is 1. The lowest BCUT2D eigenvalue weighted by atomic mass is 10.1. The minimum absolute atomic E-state index is 0.162. The number of anilines is 1. The van der Waals surface area contributed by atoms with Gasteiger partial charge < -0.3 is 15.6 Å². The maximum atomic E-state index is 14.3. The molecular weight excluding hydrogens is 353 g/mol. The van der Waals surface area contributed by atoms with Crippen molar-refractivity contribution in [2.45, 2.75) is 13.6 Å². The summed E-state index contributed by atoms with van der Waals surface area (Å²) in [5.74, 6) is -0.460. The summed E-state index contributed by atoms with van der Waals surface area (Å²) in [4.78, 5) is 12.6. The molecule has 5 heteroatoms. The van der Waals surface area contributed by atoms with Gasteiger partial charge in [0.25, 0.3) is 5.91 Å². The van der Waals surface area contributed by atoms with Crippen LogP contribution < -0.4 is 11.1 Å². The van der Waals surface area contributed by atoms with Gasteiger partial charge in [0.2, 0.25) is 0 Å². The van der Waals surface area contributed by atoms with Crippen molar-refractivity contribution in [2.75, 3.05) is 5.32 Å². The van der Waals surface area contributed by atoms with Gasteiger partial charge in [0.1, 0.15) is 5.82 Å². The number of benzene rings is 3. The van der Waals surface area contributed by atoms with E-state index in [2.05, 4.69) is 5.32 Å². The van der Waals surface area contributed by atoms with Gasteiger partial charge in [-0.15, -0.1) is 0 Å². The number of hydrogen-bond acceptors (Lipinski definition) is 2. The standard InChI is InChI=1S/C23H20FN3O/c1-15-6-2-3-7-18(15)23(28)26-17-10-11-21-16(12-17)13-22(27(21)14-25)19-8-4-5-9-20(19)24/h2-13H,14,25H2,1H3,(H,26,28). The van der Waals surface area contributed by atoms with E-state index in [0.717, 1.165) is 16.5 Å². The number of amides is 1. The summed E-state index contributed by atoms with van der Waals surface area (Å²) in [5, 5.41) is 3.82. The molecule has 0 radical (unpaired) electrons. The van der Waals surface area contributed by atoms with Crippen molar-refractivity contribution in [3.63, 3.8) is 0 Å². The van der Waals surface area contributed by atoms with Crippen LogP contribution in [0.15, 0.2) is 72.8 Å². The predicted molar refractivity (Wildman–Crippen MR) is 111 cm³/mol. The summed E-state index contributed by atoms with van der Waals surface area (Å²) in [5.41, 5.74) is 10.2. The quantitative estimate of drug-likeness (QED) is 0.533. The van der Waals surface area contributed by atoms with E-state index in [1.165, 1.54) is 6.07 Å². The van der Waals surface area contributed by atoms with Crippen LogP contribution in [0.5, 0.6) is 0 Å². The molecular formula is C23H20FN3O. The number of nitrogens with one attached hydrogen (secondary N) is 1. The number of halogens is 1. The fraction of sp³-hybridized carbons (Fsp3) is 0.0870. The SMILES string of the molecule is Cc1ccccc1C(=O)Nc1ccc2c(c1)cc(-c1ccccc1F)n2CN. The molecule has 0 unspecified atom stereocenters. The third-order valence-corrected chi connectivity index (χ3v) is 4.88. The number of carbonyl (C=O) groups is 1. The average Bonchev–Trinajstić information content (AvgIpc) is 3.06. The van der Waals surface area contributed by atoms with Crippen LogP contribution in [0.3, 0.4) is 0 Å².